The topological polar surface area (TPSA) is 102 Å². The summed E-state index contributed by atoms with van der Waals surface area (Å²) in [5, 5.41) is 12.7. The number of rotatable bonds is 16. The van der Waals surface area contributed by atoms with E-state index >= 15 is 0 Å². The van der Waals surface area contributed by atoms with E-state index < -0.39 is 31.3 Å². The molecule has 0 aliphatic rings. The summed E-state index contributed by atoms with van der Waals surface area (Å²) in [6.07, 6.45) is 2.84. The predicted molar refractivity (Wildman–Crippen MR) is 122 cm³/mol. The van der Waals surface area contributed by atoms with E-state index in [9.17, 15) is 19.3 Å². The molecule has 0 heterocycles. The zero-order valence-electron chi connectivity index (χ0n) is 19.2. The van der Waals surface area contributed by atoms with Gasteiger partial charge < -0.3 is 19.5 Å². The molecule has 0 aliphatic heterocycles. The van der Waals surface area contributed by atoms with Crippen LogP contribution in [0.15, 0.2) is 30.3 Å². The molecule has 0 aliphatic carbocycles. The molecule has 31 heavy (non-hydrogen) atoms. The molecule has 0 fully saturated rings. The third-order valence-electron chi connectivity index (χ3n) is 5.08. The average Bonchev–Trinajstić information content (AvgIpc) is 2.75. The van der Waals surface area contributed by atoms with Crippen LogP contribution in [-0.2, 0) is 23.2 Å². The Morgan fingerprint density at radius 2 is 1.65 bits per heavy atom. The number of ketones is 1. The van der Waals surface area contributed by atoms with E-state index in [4.69, 9.17) is 9.05 Å². The Labute approximate surface area is 186 Å². The van der Waals surface area contributed by atoms with Crippen LogP contribution in [0.2, 0.25) is 0 Å². The molecule has 0 bridgehead atoms. The Balaban J connectivity index is 3.15. The molecule has 3 unspecified atom stereocenters. The summed E-state index contributed by atoms with van der Waals surface area (Å²) < 4.78 is 23.3. The summed E-state index contributed by atoms with van der Waals surface area (Å²) in [7, 11) is -3.46. The van der Waals surface area contributed by atoms with Gasteiger partial charge in [-0.3, -0.25) is 14.2 Å². The van der Waals surface area contributed by atoms with Gasteiger partial charge in [-0.15, -0.1) is 0 Å². The molecule has 1 aromatic rings. The van der Waals surface area contributed by atoms with Gasteiger partial charge in [-0.05, 0) is 32.8 Å². The van der Waals surface area contributed by atoms with Crippen molar-refractivity contribution in [3.05, 3.63) is 35.9 Å². The summed E-state index contributed by atoms with van der Waals surface area (Å²) >= 11 is 0. The van der Waals surface area contributed by atoms with Crippen LogP contribution >= 0.6 is 7.60 Å². The molecule has 7 nitrogen and oxygen atoms in total. The lowest BCUT2D eigenvalue weighted by atomic mass is 9.78. The second-order valence-electron chi connectivity index (χ2n) is 7.57. The zero-order chi connectivity index (χ0) is 23.3. The second-order valence-corrected chi connectivity index (χ2v) is 9.62. The van der Waals surface area contributed by atoms with Crippen LogP contribution in [0.5, 0.6) is 0 Å². The standard InChI is InChI=1S/C23H38NO6P/c1-5-8-9-13-16-20(23(27)24-17-31(28,29-6-2)30-7-3)21(22(26)18(4)25)19-14-11-10-12-15-19/h10-12,14-15,18,20-21,25H,5-9,13,16-17H2,1-4H3,(H,24,27). The van der Waals surface area contributed by atoms with Crippen molar-refractivity contribution in [3.8, 4) is 0 Å². The van der Waals surface area contributed by atoms with Crippen molar-refractivity contribution in [2.24, 2.45) is 5.92 Å². The van der Waals surface area contributed by atoms with Crippen LogP contribution in [-0.4, -0.2) is 42.4 Å². The van der Waals surface area contributed by atoms with Crippen LogP contribution in [0.4, 0.5) is 0 Å². The van der Waals surface area contributed by atoms with Gasteiger partial charge >= 0.3 is 7.60 Å². The van der Waals surface area contributed by atoms with Gasteiger partial charge in [-0.1, -0.05) is 62.9 Å². The smallest absolute Gasteiger partial charge is 0.349 e. The number of hydrogen-bond donors (Lipinski definition) is 2. The third kappa shape index (κ3) is 9.24. The number of nitrogens with one attached hydrogen (secondary N) is 1. The quantitative estimate of drug-likeness (QED) is 0.278. The monoisotopic (exact) mass is 455 g/mol. The Bertz CT molecular complexity index is 699. The molecule has 0 saturated carbocycles. The van der Waals surface area contributed by atoms with Crippen LogP contribution < -0.4 is 5.32 Å². The minimum absolute atomic E-state index is 0.195. The normalized spacial score (nSPS) is 14.6. The van der Waals surface area contributed by atoms with Gasteiger partial charge in [0.05, 0.1) is 25.0 Å². The summed E-state index contributed by atoms with van der Waals surface area (Å²) in [6, 6.07) is 9.04. The largest absolute Gasteiger partial charge is 0.386 e. The van der Waals surface area contributed by atoms with Gasteiger partial charge in [0.15, 0.2) is 5.78 Å². The van der Waals surface area contributed by atoms with Gasteiger partial charge in [0.1, 0.15) is 12.4 Å². The molecule has 0 spiro atoms. The Kier molecular flexibility index (Phi) is 12.9. The number of amides is 1. The molecule has 0 saturated heterocycles. The maximum absolute atomic E-state index is 13.2. The molecule has 8 heteroatoms. The first kappa shape index (κ1) is 27.5. The SMILES string of the molecule is CCCCCCC(C(=O)NCP(=O)(OCC)OCC)C(C(=O)C(C)O)c1ccccc1. The van der Waals surface area contributed by atoms with Gasteiger partial charge in [0.2, 0.25) is 5.91 Å². The number of aliphatic hydroxyl groups is 1. The number of unbranched alkanes of at least 4 members (excludes halogenated alkanes) is 3. The first-order valence-electron chi connectivity index (χ1n) is 11.2. The predicted octanol–water partition coefficient (Wildman–Crippen LogP) is 4.65. The lowest BCUT2D eigenvalue weighted by Crippen LogP contribution is -2.40. The minimum Gasteiger partial charge on any atom is -0.386 e. The number of hydrogen-bond acceptors (Lipinski definition) is 6. The summed E-state index contributed by atoms with van der Waals surface area (Å²) in [5.74, 6) is -2.28. The second kappa shape index (κ2) is 14.5. The Hall–Kier alpha value is -1.53. The molecular weight excluding hydrogens is 417 g/mol. The van der Waals surface area contributed by atoms with E-state index in [0.717, 1.165) is 25.7 Å². The van der Waals surface area contributed by atoms with E-state index in [0.29, 0.717) is 12.0 Å². The summed E-state index contributed by atoms with van der Waals surface area (Å²) in [4.78, 5) is 26.2. The highest BCUT2D eigenvalue weighted by Gasteiger charge is 2.37. The molecule has 1 aromatic carbocycles. The molecule has 0 radical (unpaired) electrons. The van der Waals surface area contributed by atoms with Gasteiger partial charge in [-0.2, -0.15) is 0 Å². The maximum Gasteiger partial charge on any atom is 0.349 e. The lowest BCUT2D eigenvalue weighted by molar-refractivity contribution is -0.135. The van der Waals surface area contributed by atoms with Crippen molar-refractivity contribution in [2.75, 3.05) is 19.5 Å². The number of benzene rings is 1. The minimum atomic E-state index is -3.46. The third-order valence-corrected chi connectivity index (χ3v) is 6.93. The van der Waals surface area contributed by atoms with Crippen molar-refractivity contribution in [1.29, 1.82) is 0 Å². The van der Waals surface area contributed by atoms with Crippen molar-refractivity contribution in [2.45, 2.75) is 71.8 Å². The van der Waals surface area contributed by atoms with E-state index in [1.165, 1.54) is 6.92 Å². The van der Waals surface area contributed by atoms with Gasteiger partial charge in [0, 0.05) is 0 Å². The molecule has 3 atom stereocenters. The molecular formula is C23H38NO6P. The van der Waals surface area contributed by atoms with E-state index in [1.807, 2.05) is 18.2 Å². The number of Topliss-reactive ketones (excluding diaryl/α,β-unsaturated/α-hetero) is 1. The van der Waals surface area contributed by atoms with Gasteiger partial charge in [-0.25, -0.2) is 0 Å². The number of carbonyl (C=O) groups is 2. The van der Waals surface area contributed by atoms with E-state index in [-0.39, 0.29) is 25.4 Å². The van der Waals surface area contributed by atoms with Crippen LogP contribution in [0.3, 0.4) is 0 Å². The summed E-state index contributed by atoms with van der Waals surface area (Å²) in [5.41, 5.74) is 0.682. The molecule has 1 rings (SSSR count). The lowest BCUT2D eigenvalue weighted by Gasteiger charge is -2.28. The highest BCUT2D eigenvalue weighted by atomic mass is 31.2. The first-order valence-corrected chi connectivity index (χ1v) is 12.9. The fraction of sp³-hybridized carbons (Fsp3) is 0.652. The number of aliphatic hydroxyl groups excluding tert-OH is 1. The van der Waals surface area contributed by atoms with Crippen LogP contribution in [0, 0.1) is 5.92 Å². The first-order chi connectivity index (χ1) is 14.8. The maximum atomic E-state index is 13.2. The molecule has 0 aromatic heterocycles. The van der Waals surface area contributed by atoms with Crippen LogP contribution in [0.25, 0.3) is 0 Å². The van der Waals surface area contributed by atoms with Crippen molar-refractivity contribution in [1.82, 2.24) is 5.32 Å². The molecule has 2 N–H and O–H groups in total. The van der Waals surface area contributed by atoms with Crippen molar-refractivity contribution in [3.63, 3.8) is 0 Å². The average molecular weight is 456 g/mol. The van der Waals surface area contributed by atoms with Gasteiger partial charge in [0.25, 0.3) is 0 Å². The summed E-state index contributed by atoms with van der Waals surface area (Å²) in [6.45, 7) is 7.32. The fourth-order valence-corrected chi connectivity index (χ4v) is 4.98. The highest BCUT2D eigenvalue weighted by molar-refractivity contribution is 7.53. The van der Waals surface area contributed by atoms with E-state index in [1.54, 1.807) is 26.0 Å². The molecule has 1 amide bonds. The Morgan fingerprint density at radius 1 is 1.03 bits per heavy atom. The van der Waals surface area contributed by atoms with Crippen molar-refractivity contribution >= 4 is 19.3 Å². The van der Waals surface area contributed by atoms with Crippen LogP contribution in [0.1, 0.15) is 71.3 Å². The molecule has 176 valence electrons. The fourth-order valence-electron chi connectivity index (χ4n) is 3.58. The zero-order valence-corrected chi connectivity index (χ0v) is 20.1. The highest BCUT2D eigenvalue weighted by Crippen LogP contribution is 2.46. The number of carbonyl (C=O) groups excluding carboxylic acids is 2. The Morgan fingerprint density at radius 3 is 2.16 bits per heavy atom. The van der Waals surface area contributed by atoms with E-state index in [2.05, 4.69) is 12.2 Å². The van der Waals surface area contributed by atoms with Crippen molar-refractivity contribution < 1.29 is 28.3 Å².